The van der Waals surface area contributed by atoms with Crippen LogP contribution in [0.3, 0.4) is 0 Å². The molecule has 5 nitrogen and oxygen atoms in total. The van der Waals surface area contributed by atoms with Crippen molar-refractivity contribution >= 4 is 0 Å². The van der Waals surface area contributed by atoms with E-state index < -0.39 is 0 Å². The van der Waals surface area contributed by atoms with E-state index in [4.69, 9.17) is 5.73 Å². The summed E-state index contributed by atoms with van der Waals surface area (Å²) >= 11 is 0. The molecule has 102 valence electrons. The van der Waals surface area contributed by atoms with Crippen molar-refractivity contribution in [3.05, 3.63) is 36.4 Å². The van der Waals surface area contributed by atoms with Crippen LogP contribution in [0.2, 0.25) is 0 Å². The van der Waals surface area contributed by atoms with Crippen molar-refractivity contribution in [2.45, 2.75) is 44.1 Å². The standard InChI is InChI=1S/C14H21N5/c15-14(10-13-18-7-8-19-13)4-2-1-3-11(14)9-12-16-5-6-17-12/h5-8,11H,1-4,9-10,15H2,(H,16,17)(H,18,19). The van der Waals surface area contributed by atoms with Crippen molar-refractivity contribution in [1.29, 1.82) is 0 Å². The highest BCUT2D eigenvalue weighted by Crippen LogP contribution is 2.35. The van der Waals surface area contributed by atoms with Gasteiger partial charge in [0.25, 0.3) is 0 Å². The van der Waals surface area contributed by atoms with Crippen LogP contribution >= 0.6 is 0 Å². The summed E-state index contributed by atoms with van der Waals surface area (Å²) in [5.41, 5.74) is 6.55. The Morgan fingerprint density at radius 2 is 1.89 bits per heavy atom. The number of nitrogens with zero attached hydrogens (tertiary/aromatic N) is 2. The van der Waals surface area contributed by atoms with Crippen LogP contribution in [0, 0.1) is 5.92 Å². The first-order chi connectivity index (χ1) is 9.26. The van der Waals surface area contributed by atoms with Gasteiger partial charge in [-0.1, -0.05) is 12.8 Å². The predicted molar refractivity (Wildman–Crippen MR) is 73.5 cm³/mol. The molecule has 3 rings (SSSR count). The third-order valence-corrected chi connectivity index (χ3v) is 4.30. The summed E-state index contributed by atoms with van der Waals surface area (Å²) in [7, 11) is 0. The Hall–Kier alpha value is -1.62. The van der Waals surface area contributed by atoms with Crippen LogP contribution in [-0.4, -0.2) is 25.5 Å². The van der Waals surface area contributed by atoms with E-state index in [-0.39, 0.29) is 5.54 Å². The first-order valence-electron chi connectivity index (χ1n) is 7.02. The molecule has 1 aliphatic rings. The normalized spacial score (nSPS) is 27.5. The monoisotopic (exact) mass is 259 g/mol. The van der Waals surface area contributed by atoms with Gasteiger partial charge in [0, 0.05) is 43.2 Å². The van der Waals surface area contributed by atoms with Gasteiger partial charge in [-0.05, 0) is 18.8 Å². The maximum absolute atomic E-state index is 6.71. The quantitative estimate of drug-likeness (QED) is 0.783. The molecule has 2 aromatic heterocycles. The molecule has 0 spiro atoms. The van der Waals surface area contributed by atoms with E-state index in [9.17, 15) is 0 Å². The van der Waals surface area contributed by atoms with Crippen LogP contribution in [0.5, 0.6) is 0 Å². The number of H-pyrrole nitrogens is 2. The van der Waals surface area contributed by atoms with Gasteiger partial charge < -0.3 is 15.7 Å². The average molecular weight is 259 g/mol. The first-order valence-corrected chi connectivity index (χ1v) is 7.02. The van der Waals surface area contributed by atoms with E-state index in [0.717, 1.165) is 30.9 Å². The second-order valence-corrected chi connectivity index (χ2v) is 5.63. The molecule has 0 aliphatic heterocycles. The first kappa shape index (κ1) is 12.4. The molecule has 0 saturated heterocycles. The average Bonchev–Trinajstić information content (AvgIpc) is 3.05. The highest BCUT2D eigenvalue weighted by Gasteiger charge is 2.38. The fraction of sp³-hybridized carbons (Fsp3) is 0.571. The van der Waals surface area contributed by atoms with Crippen LogP contribution < -0.4 is 5.73 Å². The van der Waals surface area contributed by atoms with Gasteiger partial charge in [-0.25, -0.2) is 9.97 Å². The Kier molecular flexibility index (Phi) is 3.38. The van der Waals surface area contributed by atoms with Crippen LogP contribution in [-0.2, 0) is 12.8 Å². The van der Waals surface area contributed by atoms with Crippen LogP contribution in [0.4, 0.5) is 0 Å². The summed E-state index contributed by atoms with van der Waals surface area (Å²) in [5, 5.41) is 0. The third kappa shape index (κ3) is 2.71. The van der Waals surface area contributed by atoms with Gasteiger partial charge in [0.05, 0.1) is 0 Å². The Labute approximate surface area is 113 Å². The van der Waals surface area contributed by atoms with E-state index in [1.54, 1.807) is 6.20 Å². The van der Waals surface area contributed by atoms with E-state index in [2.05, 4.69) is 19.9 Å². The van der Waals surface area contributed by atoms with Gasteiger partial charge in [0.15, 0.2) is 0 Å². The van der Waals surface area contributed by atoms with Crippen molar-refractivity contribution in [2.24, 2.45) is 11.7 Å². The van der Waals surface area contributed by atoms with Crippen molar-refractivity contribution in [3.63, 3.8) is 0 Å². The molecule has 2 aromatic rings. The lowest BCUT2D eigenvalue weighted by molar-refractivity contribution is 0.182. The highest BCUT2D eigenvalue weighted by atomic mass is 14.9. The minimum atomic E-state index is -0.164. The third-order valence-electron chi connectivity index (χ3n) is 4.30. The van der Waals surface area contributed by atoms with E-state index in [0.29, 0.717) is 5.92 Å². The van der Waals surface area contributed by atoms with Gasteiger partial charge in [0.1, 0.15) is 11.6 Å². The largest absolute Gasteiger partial charge is 0.349 e. The SMILES string of the molecule is NC1(Cc2ncc[nH]2)CCCCC1Cc1ncc[nH]1. The molecule has 19 heavy (non-hydrogen) atoms. The fourth-order valence-corrected chi connectivity index (χ4v) is 3.22. The van der Waals surface area contributed by atoms with Crippen LogP contribution in [0.1, 0.15) is 37.3 Å². The Morgan fingerprint density at radius 3 is 2.58 bits per heavy atom. The van der Waals surface area contributed by atoms with Crippen molar-refractivity contribution in [1.82, 2.24) is 19.9 Å². The molecule has 1 fully saturated rings. The molecular formula is C14H21N5. The molecule has 2 atom stereocenters. The van der Waals surface area contributed by atoms with E-state index in [1.165, 1.54) is 19.3 Å². The molecular weight excluding hydrogens is 238 g/mol. The molecule has 1 aliphatic carbocycles. The van der Waals surface area contributed by atoms with Crippen molar-refractivity contribution in [3.8, 4) is 0 Å². The maximum atomic E-state index is 6.71. The fourth-order valence-electron chi connectivity index (χ4n) is 3.22. The van der Waals surface area contributed by atoms with Gasteiger partial charge >= 0.3 is 0 Å². The summed E-state index contributed by atoms with van der Waals surface area (Å²) in [5.74, 6) is 2.51. The molecule has 1 saturated carbocycles. The molecule has 4 N–H and O–H groups in total. The second kappa shape index (κ2) is 5.17. The summed E-state index contributed by atoms with van der Waals surface area (Å²) in [6, 6.07) is 0. The summed E-state index contributed by atoms with van der Waals surface area (Å²) in [4.78, 5) is 15.0. The molecule has 0 aromatic carbocycles. The number of aromatic amines is 2. The molecule has 0 amide bonds. The van der Waals surface area contributed by atoms with Crippen LogP contribution in [0.15, 0.2) is 24.8 Å². The number of rotatable bonds is 4. The number of imidazole rings is 2. The number of aromatic nitrogens is 4. The molecule has 0 radical (unpaired) electrons. The minimum Gasteiger partial charge on any atom is -0.349 e. The zero-order valence-electron chi connectivity index (χ0n) is 11.1. The van der Waals surface area contributed by atoms with Crippen LogP contribution in [0.25, 0.3) is 0 Å². The van der Waals surface area contributed by atoms with Crippen molar-refractivity contribution < 1.29 is 0 Å². The molecule has 2 heterocycles. The molecule has 2 unspecified atom stereocenters. The number of hydrogen-bond donors (Lipinski definition) is 3. The van der Waals surface area contributed by atoms with Gasteiger partial charge in [-0.3, -0.25) is 0 Å². The van der Waals surface area contributed by atoms with E-state index >= 15 is 0 Å². The zero-order valence-corrected chi connectivity index (χ0v) is 11.1. The minimum absolute atomic E-state index is 0.164. The van der Waals surface area contributed by atoms with Gasteiger partial charge in [0.2, 0.25) is 0 Å². The van der Waals surface area contributed by atoms with Gasteiger partial charge in [-0.2, -0.15) is 0 Å². The zero-order chi connectivity index (χ0) is 13.1. The predicted octanol–water partition coefficient (Wildman–Crippen LogP) is 1.81. The van der Waals surface area contributed by atoms with Gasteiger partial charge in [-0.15, -0.1) is 0 Å². The lowest BCUT2D eigenvalue weighted by Gasteiger charge is -2.40. The number of hydrogen-bond acceptors (Lipinski definition) is 3. The maximum Gasteiger partial charge on any atom is 0.107 e. The van der Waals surface area contributed by atoms with Crippen molar-refractivity contribution in [2.75, 3.05) is 0 Å². The second-order valence-electron chi connectivity index (χ2n) is 5.63. The Morgan fingerprint density at radius 1 is 1.16 bits per heavy atom. The lowest BCUT2D eigenvalue weighted by atomic mass is 9.70. The topological polar surface area (TPSA) is 83.4 Å². The summed E-state index contributed by atoms with van der Waals surface area (Å²) in [6.45, 7) is 0. The molecule has 0 bridgehead atoms. The smallest absolute Gasteiger partial charge is 0.107 e. The lowest BCUT2D eigenvalue weighted by Crippen LogP contribution is -2.52. The van der Waals surface area contributed by atoms with E-state index in [1.807, 2.05) is 18.6 Å². The Bertz CT molecular complexity index is 490. The molecule has 5 heteroatoms. The number of nitrogens with one attached hydrogen (secondary N) is 2. The summed E-state index contributed by atoms with van der Waals surface area (Å²) < 4.78 is 0. The Balaban J connectivity index is 1.75. The highest BCUT2D eigenvalue weighted by molar-refractivity contribution is 5.05. The number of nitrogens with two attached hydrogens (primary N) is 1. The summed E-state index contributed by atoms with van der Waals surface area (Å²) in [6.07, 6.45) is 13.8.